The molecule has 7 nitrogen and oxygen atoms in total. The van der Waals surface area contributed by atoms with Gasteiger partial charge in [0, 0.05) is 31.0 Å². The number of carboxylic acids is 1. The van der Waals surface area contributed by atoms with E-state index in [4.69, 9.17) is 4.74 Å². The topological polar surface area (TPSA) is 95.9 Å². The molecule has 2 aliphatic carbocycles. The minimum atomic E-state index is -0.845. The number of nitrogens with zero attached hydrogens (tertiary/aromatic N) is 1. The summed E-state index contributed by atoms with van der Waals surface area (Å²) in [6, 6.07) is 15.8. The van der Waals surface area contributed by atoms with Gasteiger partial charge in [-0.1, -0.05) is 55.5 Å². The van der Waals surface area contributed by atoms with E-state index in [0.29, 0.717) is 19.4 Å². The number of ether oxygens (including phenoxy) is 1. The Labute approximate surface area is 205 Å². The van der Waals surface area contributed by atoms with Gasteiger partial charge in [0.15, 0.2) is 0 Å². The summed E-state index contributed by atoms with van der Waals surface area (Å²) in [5.74, 6) is -1.20. The molecule has 0 radical (unpaired) electrons. The Balaban J connectivity index is 1.21. The number of hydrogen-bond donors (Lipinski definition) is 2. The molecule has 3 atom stereocenters. The molecule has 5 rings (SSSR count). The maximum Gasteiger partial charge on any atom is 0.407 e. The lowest BCUT2D eigenvalue weighted by atomic mass is 9.98. The van der Waals surface area contributed by atoms with Crippen molar-refractivity contribution >= 4 is 18.0 Å². The van der Waals surface area contributed by atoms with Crippen LogP contribution in [-0.4, -0.2) is 53.2 Å². The van der Waals surface area contributed by atoms with Gasteiger partial charge in [-0.2, -0.15) is 0 Å². The number of carboxylic acid groups (broad SMARTS) is 1. The van der Waals surface area contributed by atoms with Crippen LogP contribution in [0.1, 0.15) is 56.1 Å². The van der Waals surface area contributed by atoms with Gasteiger partial charge in [0.2, 0.25) is 5.91 Å². The Morgan fingerprint density at radius 3 is 2.23 bits per heavy atom. The Hall–Kier alpha value is -3.35. The Bertz CT molecular complexity index is 1080. The molecule has 2 aromatic carbocycles. The van der Waals surface area contributed by atoms with Crippen LogP contribution in [0.25, 0.3) is 11.1 Å². The number of carbonyl (C=O) groups is 3. The number of amides is 2. The fraction of sp³-hybridized carbons (Fsp3) is 0.464. The zero-order valence-electron chi connectivity index (χ0n) is 20.0. The van der Waals surface area contributed by atoms with Crippen molar-refractivity contribution in [2.45, 2.75) is 57.0 Å². The summed E-state index contributed by atoms with van der Waals surface area (Å²) >= 11 is 0. The fourth-order valence-electron chi connectivity index (χ4n) is 5.89. The van der Waals surface area contributed by atoms with E-state index < -0.39 is 18.0 Å². The third-order valence-corrected chi connectivity index (χ3v) is 7.83. The first-order chi connectivity index (χ1) is 17.0. The second-order valence-electron chi connectivity index (χ2n) is 9.91. The normalized spacial score (nSPS) is 21.8. The number of rotatable bonds is 8. The summed E-state index contributed by atoms with van der Waals surface area (Å²) < 4.78 is 5.69. The van der Waals surface area contributed by atoms with E-state index in [9.17, 15) is 19.5 Å². The molecule has 3 unspecified atom stereocenters. The summed E-state index contributed by atoms with van der Waals surface area (Å²) in [7, 11) is 0. The molecule has 0 spiro atoms. The van der Waals surface area contributed by atoms with Gasteiger partial charge in [-0.3, -0.25) is 9.59 Å². The largest absolute Gasteiger partial charge is 0.481 e. The van der Waals surface area contributed by atoms with Crippen molar-refractivity contribution in [2.24, 2.45) is 11.8 Å². The fourth-order valence-corrected chi connectivity index (χ4v) is 5.89. The average molecular weight is 477 g/mol. The van der Waals surface area contributed by atoms with Crippen LogP contribution in [-0.2, 0) is 14.3 Å². The van der Waals surface area contributed by atoms with E-state index in [0.717, 1.165) is 24.0 Å². The lowest BCUT2D eigenvalue weighted by Gasteiger charge is -2.28. The summed E-state index contributed by atoms with van der Waals surface area (Å²) in [6.45, 7) is 2.60. The highest BCUT2D eigenvalue weighted by atomic mass is 16.5. The van der Waals surface area contributed by atoms with Crippen molar-refractivity contribution in [3.05, 3.63) is 59.7 Å². The predicted molar refractivity (Wildman–Crippen MR) is 131 cm³/mol. The first kappa shape index (κ1) is 23.4. The van der Waals surface area contributed by atoms with Crippen molar-refractivity contribution in [3.63, 3.8) is 0 Å². The Morgan fingerprint density at radius 2 is 1.66 bits per heavy atom. The minimum Gasteiger partial charge on any atom is -0.481 e. The van der Waals surface area contributed by atoms with Gasteiger partial charge in [0.05, 0.1) is 5.92 Å². The third-order valence-electron chi connectivity index (χ3n) is 7.83. The molecule has 0 bridgehead atoms. The lowest BCUT2D eigenvalue weighted by molar-refractivity contribution is -0.143. The number of hydrogen-bond acceptors (Lipinski definition) is 4. The number of aliphatic carboxylic acids is 1. The standard InChI is InChI=1S/C28H32N2O5/c1-2-25-22(27(32)33)13-14-30(25)26(31)15-24(17-11-12-17)29-28(34)35-16-23-20-9-5-3-7-18(20)19-8-4-6-10-21(19)23/h3-10,17,22-25H,2,11-16H2,1H3,(H,29,34)(H,32,33). The number of benzene rings is 2. The highest BCUT2D eigenvalue weighted by Gasteiger charge is 2.42. The van der Waals surface area contributed by atoms with E-state index >= 15 is 0 Å². The van der Waals surface area contributed by atoms with Crippen molar-refractivity contribution in [1.29, 1.82) is 0 Å². The van der Waals surface area contributed by atoms with Crippen molar-refractivity contribution in [2.75, 3.05) is 13.2 Å². The van der Waals surface area contributed by atoms with E-state index in [1.54, 1.807) is 4.90 Å². The van der Waals surface area contributed by atoms with Crippen molar-refractivity contribution in [1.82, 2.24) is 10.2 Å². The molecule has 2 amide bonds. The SMILES string of the molecule is CCC1C(C(=O)O)CCN1C(=O)CC(NC(=O)OCC1c2ccccc2-c2ccccc21)C1CC1. The molecule has 3 aliphatic rings. The number of likely N-dealkylation sites (tertiary alicyclic amines) is 1. The molecule has 7 heteroatoms. The van der Waals surface area contributed by atoms with Gasteiger partial charge in [0.25, 0.3) is 0 Å². The summed E-state index contributed by atoms with van der Waals surface area (Å²) in [6.07, 6.45) is 2.70. The van der Waals surface area contributed by atoms with Gasteiger partial charge in [-0.25, -0.2) is 4.79 Å². The second kappa shape index (κ2) is 9.72. The molecule has 1 heterocycles. The first-order valence-corrected chi connectivity index (χ1v) is 12.6. The maximum atomic E-state index is 13.1. The Morgan fingerprint density at radius 1 is 1.03 bits per heavy atom. The zero-order chi connectivity index (χ0) is 24.5. The predicted octanol–water partition coefficient (Wildman–Crippen LogP) is 4.41. The highest BCUT2D eigenvalue weighted by Crippen LogP contribution is 2.44. The molecule has 2 fully saturated rings. The van der Waals surface area contributed by atoms with Crippen LogP contribution in [0, 0.1) is 11.8 Å². The van der Waals surface area contributed by atoms with E-state index in [1.807, 2.05) is 31.2 Å². The Kier molecular flexibility index (Phi) is 6.50. The highest BCUT2D eigenvalue weighted by molar-refractivity contribution is 5.81. The monoisotopic (exact) mass is 476 g/mol. The van der Waals surface area contributed by atoms with Crippen molar-refractivity contribution in [3.8, 4) is 11.1 Å². The van der Waals surface area contributed by atoms with Crippen LogP contribution in [0.2, 0.25) is 0 Å². The molecule has 2 N–H and O–H groups in total. The quantitative estimate of drug-likeness (QED) is 0.589. The molecule has 35 heavy (non-hydrogen) atoms. The second-order valence-corrected chi connectivity index (χ2v) is 9.91. The number of alkyl carbamates (subject to hydrolysis) is 1. The number of fused-ring (bicyclic) bond motifs is 3. The van der Waals surface area contributed by atoms with Crippen LogP contribution in [0.5, 0.6) is 0 Å². The molecule has 1 saturated heterocycles. The first-order valence-electron chi connectivity index (χ1n) is 12.6. The van der Waals surface area contributed by atoms with Crippen LogP contribution >= 0.6 is 0 Å². The summed E-state index contributed by atoms with van der Waals surface area (Å²) in [5, 5.41) is 12.4. The summed E-state index contributed by atoms with van der Waals surface area (Å²) in [5.41, 5.74) is 4.66. The van der Waals surface area contributed by atoms with Crippen LogP contribution < -0.4 is 5.32 Å². The van der Waals surface area contributed by atoms with Gasteiger partial charge < -0.3 is 20.1 Å². The van der Waals surface area contributed by atoms with Crippen LogP contribution in [0.4, 0.5) is 4.79 Å². The number of carbonyl (C=O) groups excluding carboxylic acids is 2. The molecule has 184 valence electrons. The summed E-state index contributed by atoms with van der Waals surface area (Å²) in [4.78, 5) is 39.1. The molecule has 2 aromatic rings. The van der Waals surface area contributed by atoms with Gasteiger partial charge in [-0.05, 0) is 53.9 Å². The zero-order valence-corrected chi connectivity index (χ0v) is 20.0. The van der Waals surface area contributed by atoms with Crippen LogP contribution in [0.15, 0.2) is 48.5 Å². The lowest BCUT2D eigenvalue weighted by Crippen LogP contribution is -2.45. The van der Waals surface area contributed by atoms with Crippen LogP contribution in [0.3, 0.4) is 0 Å². The molecule has 1 saturated carbocycles. The van der Waals surface area contributed by atoms with Gasteiger partial charge in [-0.15, -0.1) is 0 Å². The van der Waals surface area contributed by atoms with E-state index in [1.165, 1.54) is 11.1 Å². The molecular weight excluding hydrogens is 444 g/mol. The van der Waals surface area contributed by atoms with Gasteiger partial charge in [0.1, 0.15) is 6.61 Å². The third kappa shape index (κ3) is 4.64. The average Bonchev–Trinajstić information content (AvgIpc) is 3.53. The maximum absolute atomic E-state index is 13.1. The number of nitrogens with one attached hydrogen (secondary N) is 1. The molecule has 1 aliphatic heterocycles. The van der Waals surface area contributed by atoms with E-state index in [-0.39, 0.29) is 42.9 Å². The van der Waals surface area contributed by atoms with Gasteiger partial charge >= 0.3 is 12.1 Å². The molecule has 0 aromatic heterocycles. The van der Waals surface area contributed by atoms with E-state index in [2.05, 4.69) is 29.6 Å². The van der Waals surface area contributed by atoms with Crippen molar-refractivity contribution < 1.29 is 24.2 Å². The minimum absolute atomic E-state index is 0.0166. The molecular formula is C28H32N2O5. The smallest absolute Gasteiger partial charge is 0.407 e.